The van der Waals surface area contributed by atoms with Gasteiger partial charge < -0.3 is 9.47 Å². The van der Waals surface area contributed by atoms with Gasteiger partial charge >= 0.3 is 0 Å². The quantitative estimate of drug-likeness (QED) is 0.423. The number of ether oxygens (including phenoxy) is 2. The van der Waals surface area contributed by atoms with Crippen molar-refractivity contribution < 1.29 is 14.3 Å². The number of allylic oxidation sites excluding steroid dienone is 1. The van der Waals surface area contributed by atoms with Crippen LogP contribution in [0.3, 0.4) is 0 Å². The second-order valence-corrected chi connectivity index (χ2v) is 5.75. The minimum Gasteiger partial charge on any atom is -0.485 e. The third-order valence-electron chi connectivity index (χ3n) is 3.81. The number of carbonyl (C=O) groups excluding carboxylic acids is 1. The Morgan fingerprint density at radius 2 is 1.27 bits per heavy atom. The van der Waals surface area contributed by atoms with Crippen molar-refractivity contribution in [3.05, 3.63) is 102 Å². The van der Waals surface area contributed by atoms with E-state index < -0.39 is 0 Å². The van der Waals surface area contributed by atoms with Gasteiger partial charge in [-0.05, 0) is 34.9 Å². The molecule has 130 valence electrons. The fourth-order valence-corrected chi connectivity index (χ4v) is 2.48. The molecule has 3 heteroatoms. The van der Waals surface area contributed by atoms with Gasteiger partial charge in [-0.25, -0.2) is 0 Å². The summed E-state index contributed by atoms with van der Waals surface area (Å²) in [6.45, 7) is 0.912. The first kappa shape index (κ1) is 17.5. The Bertz CT molecular complexity index is 855. The van der Waals surface area contributed by atoms with Gasteiger partial charge in [0.2, 0.25) is 0 Å². The standard InChI is InChI=1S/C23H20O3/c24-15-7-12-19-13-14-22(25-17-20-8-3-1-4-9-20)23(16-19)26-18-21-10-5-2-6-11-21/h1-16H,17-18H2/b12-7+. The number of hydrogen-bond donors (Lipinski definition) is 0. The molecule has 3 aromatic carbocycles. The smallest absolute Gasteiger partial charge is 0.162 e. The van der Waals surface area contributed by atoms with Crippen LogP contribution in [0.25, 0.3) is 6.08 Å². The second-order valence-electron chi connectivity index (χ2n) is 5.75. The van der Waals surface area contributed by atoms with E-state index in [0.29, 0.717) is 24.7 Å². The van der Waals surface area contributed by atoms with Crippen LogP contribution in [0, 0.1) is 0 Å². The number of hydrogen-bond acceptors (Lipinski definition) is 3. The molecule has 0 radical (unpaired) electrons. The summed E-state index contributed by atoms with van der Waals surface area (Å²) >= 11 is 0. The van der Waals surface area contributed by atoms with E-state index in [4.69, 9.17) is 9.47 Å². The van der Waals surface area contributed by atoms with E-state index in [1.165, 1.54) is 6.08 Å². The number of rotatable bonds is 8. The number of benzene rings is 3. The van der Waals surface area contributed by atoms with Gasteiger partial charge in [0.15, 0.2) is 11.5 Å². The maximum atomic E-state index is 10.6. The highest BCUT2D eigenvalue weighted by atomic mass is 16.5. The zero-order valence-electron chi connectivity index (χ0n) is 14.4. The van der Waals surface area contributed by atoms with Gasteiger partial charge in [-0.15, -0.1) is 0 Å². The topological polar surface area (TPSA) is 35.5 Å². The van der Waals surface area contributed by atoms with Crippen LogP contribution in [-0.2, 0) is 18.0 Å². The summed E-state index contributed by atoms with van der Waals surface area (Å²) in [6.07, 6.45) is 3.95. The van der Waals surface area contributed by atoms with Crippen molar-refractivity contribution in [1.29, 1.82) is 0 Å². The lowest BCUT2D eigenvalue weighted by Gasteiger charge is -2.14. The predicted molar refractivity (Wildman–Crippen MR) is 103 cm³/mol. The Kier molecular flexibility index (Phi) is 6.21. The summed E-state index contributed by atoms with van der Waals surface area (Å²) in [5.74, 6) is 1.32. The number of aldehydes is 1. The fraction of sp³-hybridized carbons (Fsp3) is 0.0870. The van der Waals surface area contributed by atoms with Crippen LogP contribution in [0.4, 0.5) is 0 Å². The molecular formula is C23H20O3. The molecule has 0 amide bonds. The Hall–Kier alpha value is -3.33. The molecule has 0 aliphatic carbocycles. The van der Waals surface area contributed by atoms with Gasteiger partial charge in [0.1, 0.15) is 19.5 Å². The Balaban J connectivity index is 1.77. The fourth-order valence-electron chi connectivity index (χ4n) is 2.48. The molecule has 0 aliphatic heterocycles. The molecule has 0 spiro atoms. The van der Waals surface area contributed by atoms with Crippen molar-refractivity contribution in [1.82, 2.24) is 0 Å². The largest absolute Gasteiger partial charge is 0.485 e. The van der Waals surface area contributed by atoms with E-state index in [1.807, 2.05) is 78.9 Å². The monoisotopic (exact) mass is 344 g/mol. The van der Waals surface area contributed by atoms with Gasteiger partial charge in [-0.3, -0.25) is 4.79 Å². The normalized spacial score (nSPS) is 10.6. The summed E-state index contributed by atoms with van der Waals surface area (Å²) in [4.78, 5) is 10.6. The number of carbonyl (C=O) groups is 1. The third-order valence-corrected chi connectivity index (χ3v) is 3.81. The second kappa shape index (κ2) is 9.23. The predicted octanol–water partition coefficient (Wildman–Crippen LogP) is 5.06. The van der Waals surface area contributed by atoms with Crippen molar-refractivity contribution in [3.63, 3.8) is 0 Å². The van der Waals surface area contributed by atoms with Gasteiger partial charge in [0.25, 0.3) is 0 Å². The Morgan fingerprint density at radius 1 is 0.692 bits per heavy atom. The summed E-state index contributed by atoms with van der Waals surface area (Å²) < 4.78 is 11.9. The molecule has 0 saturated heterocycles. The van der Waals surface area contributed by atoms with Crippen molar-refractivity contribution in [2.75, 3.05) is 0 Å². The summed E-state index contributed by atoms with van der Waals surface area (Å²) in [7, 11) is 0. The summed E-state index contributed by atoms with van der Waals surface area (Å²) in [5.41, 5.74) is 3.05. The highest BCUT2D eigenvalue weighted by Crippen LogP contribution is 2.30. The average molecular weight is 344 g/mol. The zero-order valence-corrected chi connectivity index (χ0v) is 14.4. The lowest BCUT2D eigenvalue weighted by atomic mass is 10.2. The Morgan fingerprint density at radius 3 is 1.85 bits per heavy atom. The average Bonchev–Trinajstić information content (AvgIpc) is 2.71. The van der Waals surface area contributed by atoms with Gasteiger partial charge in [0.05, 0.1) is 0 Å². The van der Waals surface area contributed by atoms with Crippen molar-refractivity contribution in [2.24, 2.45) is 0 Å². The molecule has 0 aliphatic rings. The first-order valence-corrected chi connectivity index (χ1v) is 8.44. The van der Waals surface area contributed by atoms with Crippen LogP contribution in [0.1, 0.15) is 16.7 Å². The molecule has 0 atom stereocenters. The van der Waals surface area contributed by atoms with Crippen molar-refractivity contribution in [2.45, 2.75) is 13.2 Å². The lowest BCUT2D eigenvalue weighted by molar-refractivity contribution is -0.104. The van der Waals surface area contributed by atoms with Crippen molar-refractivity contribution in [3.8, 4) is 11.5 Å². The van der Waals surface area contributed by atoms with E-state index in [9.17, 15) is 4.79 Å². The molecule has 0 fully saturated rings. The van der Waals surface area contributed by atoms with E-state index in [1.54, 1.807) is 6.08 Å². The van der Waals surface area contributed by atoms with Crippen molar-refractivity contribution >= 4 is 12.4 Å². The molecule has 0 heterocycles. The molecule has 26 heavy (non-hydrogen) atoms. The minimum atomic E-state index is 0.448. The van der Waals surface area contributed by atoms with Crippen LogP contribution in [-0.4, -0.2) is 6.29 Å². The molecule has 3 nitrogen and oxygen atoms in total. The van der Waals surface area contributed by atoms with Gasteiger partial charge in [-0.2, -0.15) is 0 Å². The molecule has 3 aromatic rings. The van der Waals surface area contributed by atoms with Gasteiger partial charge in [0, 0.05) is 0 Å². The maximum Gasteiger partial charge on any atom is 0.162 e. The molecule has 0 N–H and O–H groups in total. The van der Waals surface area contributed by atoms with E-state index >= 15 is 0 Å². The maximum absolute atomic E-state index is 10.6. The van der Waals surface area contributed by atoms with E-state index in [2.05, 4.69) is 0 Å². The first-order chi connectivity index (χ1) is 12.8. The highest BCUT2D eigenvalue weighted by molar-refractivity contribution is 5.74. The van der Waals surface area contributed by atoms with Crippen LogP contribution in [0.15, 0.2) is 84.9 Å². The highest BCUT2D eigenvalue weighted by Gasteiger charge is 2.07. The van der Waals surface area contributed by atoms with E-state index in [0.717, 1.165) is 23.0 Å². The molecule has 0 unspecified atom stereocenters. The zero-order chi connectivity index (χ0) is 18.0. The van der Waals surface area contributed by atoms with Crippen LogP contribution >= 0.6 is 0 Å². The lowest BCUT2D eigenvalue weighted by Crippen LogP contribution is -2.00. The summed E-state index contributed by atoms with van der Waals surface area (Å²) in [5, 5.41) is 0. The van der Waals surface area contributed by atoms with Gasteiger partial charge in [-0.1, -0.05) is 72.8 Å². The molecular weight excluding hydrogens is 324 g/mol. The van der Waals surface area contributed by atoms with Crippen LogP contribution in [0.5, 0.6) is 11.5 Å². The molecule has 3 rings (SSSR count). The van der Waals surface area contributed by atoms with Crippen LogP contribution < -0.4 is 9.47 Å². The summed E-state index contributed by atoms with van der Waals surface area (Å²) in [6, 6.07) is 25.6. The minimum absolute atomic E-state index is 0.448. The van der Waals surface area contributed by atoms with E-state index in [-0.39, 0.29) is 0 Å². The third kappa shape index (κ3) is 5.08. The molecule has 0 saturated carbocycles. The van der Waals surface area contributed by atoms with Crippen LogP contribution in [0.2, 0.25) is 0 Å². The molecule has 0 bridgehead atoms. The first-order valence-electron chi connectivity index (χ1n) is 8.44. The molecule has 0 aromatic heterocycles. The SMILES string of the molecule is O=C/C=C/c1ccc(OCc2ccccc2)c(OCc2ccccc2)c1. The Labute approximate surface area is 153 Å².